The number of esters is 1. The van der Waals surface area contributed by atoms with E-state index in [0.717, 1.165) is 21.2 Å². The van der Waals surface area contributed by atoms with Gasteiger partial charge in [-0.3, -0.25) is 0 Å². The molecule has 3 aromatic rings. The Kier molecular flexibility index (Phi) is 6.17. The molecule has 0 fully saturated rings. The molecule has 2 aromatic heterocycles. The maximum absolute atomic E-state index is 12.9. The van der Waals surface area contributed by atoms with Gasteiger partial charge in [-0.25, -0.2) is 9.48 Å². The zero-order valence-electron chi connectivity index (χ0n) is 16.8. The van der Waals surface area contributed by atoms with Gasteiger partial charge in [0.15, 0.2) is 0 Å². The van der Waals surface area contributed by atoms with Crippen LogP contribution in [0.5, 0.6) is 0 Å². The minimum atomic E-state index is -0.380. The van der Waals surface area contributed by atoms with E-state index in [0.29, 0.717) is 22.4 Å². The molecule has 1 atom stereocenters. The topological polar surface area (TPSA) is 69.0 Å². The molecule has 0 aliphatic carbocycles. The number of nitrogens with zero attached hydrogens (tertiary/aromatic N) is 3. The lowest BCUT2D eigenvalue weighted by atomic mass is 10.0. The molecular formula is C21H21ClN4O2S2. The number of benzene rings is 1. The second-order valence-electron chi connectivity index (χ2n) is 7.08. The van der Waals surface area contributed by atoms with Gasteiger partial charge in [-0.05, 0) is 43.8 Å². The van der Waals surface area contributed by atoms with Crippen molar-refractivity contribution >= 4 is 46.6 Å². The van der Waals surface area contributed by atoms with Crippen molar-refractivity contribution in [1.29, 1.82) is 0 Å². The van der Waals surface area contributed by atoms with Gasteiger partial charge in [0.25, 0.3) is 0 Å². The second kappa shape index (κ2) is 8.83. The molecule has 1 aliphatic rings. The van der Waals surface area contributed by atoms with Crippen molar-refractivity contribution in [2.24, 2.45) is 0 Å². The van der Waals surface area contributed by atoms with Crippen LogP contribution in [0.4, 0.5) is 5.95 Å². The third-order valence-electron chi connectivity index (χ3n) is 4.52. The van der Waals surface area contributed by atoms with Gasteiger partial charge in [-0.2, -0.15) is 4.98 Å². The zero-order valence-corrected chi connectivity index (χ0v) is 19.1. The van der Waals surface area contributed by atoms with Crippen LogP contribution >= 0.6 is 34.7 Å². The predicted molar refractivity (Wildman–Crippen MR) is 121 cm³/mol. The summed E-state index contributed by atoms with van der Waals surface area (Å²) in [5, 5.41) is 11.3. The van der Waals surface area contributed by atoms with Crippen LogP contribution in [0.3, 0.4) is 0 Å². The van der Waals surface area contributed by atoms with E-state index >= 15 is 0 Å². The van der Waals surface area contributed by atoms with Crippen LogP contribution in [0.2, 0.25) is 5.02 Å². The molecule has 9 heteroatoms. The van der Waals surface area contributed by atoms with Crippen LogP contribution in [0, 0.1) is 0 Å². The number of rotatable bonds is 6. The van der Waals surface area contributed by atoms with Crippen molar-refractivity contribution in [3.05, 3.63) is 68.5 Å². The first-order valence-electron chi connectivity index (χ1n) is 9.49. The number of ether oxygens (including phenoxy) is 1. The van der Waals surface area contributed by atoms with Crippen LogP contribution in [0.25, 0.3) is 0 Å². The summed E-state index contributed by atoms with van der Waals surface area (Å²) in [4.78, 5) is 18.5. The molecule has 0 radical (unpaired) electrons. The third kappa shape index (κ3) is 4.26. The maximum Gasteiger partial charge on any atom is 0.338 e. The van der Waals surface area contributed by atoms with Gasteiger partial charge in [-0.15, -0.1) is 16.4 Å². The summed E-state index contributed by atoms with van der Waals surface area (Å²) >= 11 is 9.35. The van der Waals surface area contributed by atoms with E-state index in [9.17, 15) is 4.79 Å². The molecule has 1 N–H and O–H groups in total. The monoisotopic (exact) mass is 460 g/mol. The highest BCUT2D eigenvalue weighted by molar-refractivity contribution is 7.98. The Labute approximate surface area is 188 Å². The largest absolute Gasteiger partial charge is 0.459 e. The fourth-order valence-corrected chi connectivity index (χ4v) is 5.13. The number of hydrogen-bond acceptors (Lipinski definition) is 7. The minimum Gasteiger partial charge on any atom is -0.459 e. The lowest BCUT2D eigenvalue weighted by molar-refractivity contribution is -0.143. The summed E-state index contributed by atoms with van der Waals surface area (Å²) in [5.74, 6) is 0.912. The van der Waals surface area contributed by atoms with Gasteiger partial charge < -0.3 is 10.1 Å². The van der Waals surface area contributed by atoms with Gasteiger partial charge >= 0.3 is 5.97 Å². The molecular weight excluding hydrogens is 440 g/mol. The normalized spacial score (nSPS) is 15.8. The molecule has 0 spiro atoms. The maximum atomic E-state index is 12.9. The van der Waals surface area contributed by atoms with Crippen molar-refractivity contribution in [2.75, 3.05) is 5.32 Å². The Bertz CT molecular complexity index is 1090. The molecule has 6 nitrogen and oxygen atoms in total. The molecule has 156 valence electrons. The molecule has 3 heterocycles. The number of carbonyl (C=O) groups excluding carboxylic acids is 1. The van der Waals surface area contributed by atoms with Crippen LogP contribution in [0.1, 0.15) is 37.3 Å². The van der Waals surface area contributed by atoms with Crippen LogP contribution in [-0.2, 0) is 15.3 Å². The highest BCUT2D eigenvalue weighted by Gasteiger charge is 2.36. The SMILES string of the molecule is CC1=C(C(=O)OC(C)C)C(c2cccs2)n2nc(SCc3ccccc3Cl)nc2N1. The number of thiophene rings is 1. The molecule has 0 saturated heterocycles. The fraction of sp³-hybridized carbons (Fsp3) is 0.286. The molecule has 1 aliphatic heterocycles. The Hall–Kier alpha value is -2.29. The molecule has 0 saturated carbocycles. The molecule has 1 unspecified atom stereocenters. The quantitative estimate of drug-likeness (QED) is 0.385. The fourth-order valence-electron chi connectivity index (χ4n) is 3.20. The molecule has 1 aromatic carbocycles. The Balaban J connectivity index is 1.66. The van der Waals surface area contributed by atoms with Crippen LogP contribution < -0.4 is 5.32 Å². The Morgan fingerprint density at radius 3 is 2.83 bits per heavy atom. The lowest BCUT2D eigenvalue weighted by Gasteiger charge is -2.27. The molecule has 0 amide bonds. The van der Waals surface area contributed by atoms with Crippen molar-refractivity contribution in [3.8, 4) is 0 Å². The first kappa shape index (κ1) is 21.0. The number of fused-ring (bicyclic) bond motifs is 1. The number of thioether (sulfide) groups is 1. The zero-order chi connectivity index (χ0) is 21.3. The van der Waals surface area contributed by atoms with Gasteiger partial charge in [0.05, 0.1) is 11.7 Å². The summed E-state index contributed by atoms with van der Waals surface area (Å²) in [6, 6.07) is 11.3. The molecule has 30 heavy (non-hydrogen) atoms. The first-order chi connectivity index (χ1) is 14.4. The van der Waals surface area contributed by atoms with E-state index in [-0.39, 0.29) is 18.1 Å². The smallest absolute Gasteiger partial charge is 0.338 e. The van der Waals surface area contributed by atoms with Gasteiger partial charge in [0.1, 0.15) is 6.04 Å². The Morgan fingerprint density at radius 2 is 2.13 bits per heavy atom. The van der Waals surface area contributed by atoms with Crippen molar-refractivity contribution in [3.63, 3.8) is 0 Å². The van der Waals surface area contributed by atoms with E-state index in [4.69, 9.17) is 21.4 Å². The summed E-state index contributed by atoms with van der Waals surface area (Å²) in [6.07, 6.45) is -0.208. The Morgan fingerprint density at radius 1 is 1.33 bits per heavy atom. The number of anilines is 1. The molecule has 0 bridgehead atoms. The number of carbonyl (C=O) groups is 1. The van der Waals surface area contributed by atoms with E-state index in [1.807, 2.05) is 62.5 Å². The summed E-state index contributed by atoms with van der Waals surface area (Å²) in [6.45, 7) is 5.55. The standard InChI is InChI=1S/C21H21ClN4O2S2/c1-12(2)28-19(27)17-13(3)23-20-24-21(30-11-14-7-4-5-8-15(14)22)25-26(20)18(17)16-9-6-10-29-16/h4-10,12,18H,11H2,1-3H3,(H,23,24,25). The summed E-state index contributed by atoms with van der Waals surface area (Å²) in [5.41, 5.74) is 2.29. The van der Waals surface area contributed by atoms with Crippen molar-refractivity contribution in [2.45, 2.75) is 43.8 Å². The highest BCUT2D eigenvalue weighted by atomic mass is 35.5. The second-order valence-corrected chi connectivity index (χ2v) is 9.41. The number of hydrogen-bond donors (Lipinski definition) is 1. The average molecular weight is 461 g/mol. The predicted octanol–water partition coefficient (Wildman–Crippen LogP) is 5.53. The average Bonchev–Trinajstić information content (AvgIpc) is 3.35. The number of nitrogens with one attached hydrogen (secondary N) is 1. The molecule has 4 rings (SSSR count). The number of allylic oxidation sites excluding steroid dienone is 1. The van der Waals surface area contributed by atoms with E-state index in [2.05, 4.69) is 10.3 Å². The number of aromatic nitrogens is 3. The van der Waals surface area contributed by atoms with Crippen molar-refractivity contribution < 1.29 is 9.53 Å². The van der Waals surface area contributed by atoms with Gasteiger partial charge in [0, 0.05) is 21.3 Å². The third-order valence-corrected chi connectivity index (χ3v) is 6.70. The highest BCUT2D eigenvalue weighted by Crippen LogP contribution is 2.39. The first-order valence-corrected chi connectivity index (χ1v) is 11.7. The van der Waals surface area contributed by atoms with Gasteiger partial charge in [-0.1, -0.05) is 47.6 Å². The van der Waals surface area contributed by atoms with E-state index in [1.54, 1.807) is 16.0 Å². The summed E-state index contributed by atoms with van der Waals surface area (Å²) < 4.78 is 7.28. The summed E-state index contributed by atoms with van der Waals surface area (Å²) in [7, 11) is 0. The van der Waals surface area contributed by atoms with Gasteiger partial charge in [0.2, 0.25) is 11.1 Å². The van der Waals surface area contributed by atoms with E-state index < -0.39 is 0 Å². The van der Waals surface area contributed by atoms with Crippen molar-refractivity contribution in [1.82, 2.24) is 14.8 Å². The van der Waals surface area contributed by atoms with Crippen LogP contribution in [0.15, 0.2) is 58.2 Å². The lowest BCUT2D eigenvalue weighted by Crippen LogP contribution is -2.30. The van der Waals surface area contributed by atoms with E-state index in [1.165, 1.54) is 11.8 Å². The minimum absolute atomic E-state index is 0.208. The van der Waals surface area contributed by atoms with Crippen LogP contribution in [-0.4, -0.2) is 26.8 Å². The number of halogens is 1.